The Hall–Kier alpha value is -0.530. The monoisotopic (exact) mass is 223 g/mol. The number of hydrogen-bond donors (Lipinski definition) is 1. The first kappa shape index (κ1) is 11.0. The molecule has 1 aromatic rings. The molecule has 2 aliphatic rings. The number of hydrogen-bond acceptors (Lipinski definition) is 1. The molecule has 1 aromatic carbocycles. The fourth-order valence-corrected chi connectivity index (χ4v) is 2.79. The summed E-state index contributed by atoms with van der Waals surface area (Å²) < 4.78 is 0. The van der Waals surface area contributed by atoms with Crippen LogP contribution in [0.5, 0.6) is 0 Å². The van der Waals surface area contributed by atoms with Gasteiger partial charge in [0.25, 0.3) is 0 Å². The largest absolute Gasteiger partial charge is 0.317 e. The summed E-state index contributed by atoms with van der Waals surface area (Å²) in [6, 6.07) is 6.90. The zero-order chi connectivity index (χ0) is 9.38. The normalized spacial score (nSPS) is 20.0. The lowest BCUT2D eigenvalue weighted by Gasteiger charge is -2.30. The summed E-state index contributed by atoms with van der Waals surface area (Å²) in [5.74, 6) is 0.839. The van der Waals surface area contributed by atoms with E-state index in [0.29, 0.717) is 0 Å². The highest BCUT2D eigenvalue weighted by Gasteiger charge is 2.23. The summed E-state index contributed by atoms with van der Waals surface area (Å²) in [7, 11) is 0. The topological polar surface area (TPSA) is 12.0 Å². The van der Waals surface area contributed by atoms with Gasteiger partial charge in [-0.05, 0) is 61.4 Å². The van der Waals surface area contributed by atoms with Gasteiger partial charge in [0.1, 0.15) is 0 Å². The van der Waals surface area contributed by atoms with Crippen LogP contribution >= 0.6 is 12.4 Å². The van der Waals surface area contributed by atoms with Gasteiger partial charge in [-0.2, -0.15) is 0 Å². The molecule has 1 aliphatic carbocycles. The molecule has 0 amide bonds. The van der Waals surface area contributed by atoms with Crippen LogP contribution in [0.3, 0.4) is 0 Å². The quantitative estimate of drug-likeness (QED) is 0.772. The van der Waals surface area contributed by atoms with Crippen LogP contribution in [0.4, 0.5) is 0 Å². The summed E-state index contributed by atoms with van der Waals surface area (Å²) in [5, 5.41) is 3.44. The molecule has 3 rings (SSSR count). The Kier molecular flexibility index (Phi) is 3.32. The highest BCUT2D eigenvalue weighted by molar-refractivity contribution is 5.85. The van der Waals surface area contributed by atoms with E-state index < -0.39 is 0 Å². The van der Waals surface area contributed by atoms with E-state index in [0.717, 1.165) is 5.92 Å². The lowest BCUT2D eigenvalue weighted by molar-refractivity contribution is 0.456. The highest BCUT2D eigenvalue weighted by Crippen LogP contribution is 2.34. The van der Waals surface area contributed by atoms with Crippen LogP contribution in [0.15, 0.2) is 18.2 Å². The van der Waals surface area contributed by atoms with Crippen LogP contribution in [0, 0.1) is 0 Å². The SMILES string of the molecule is Cl.c1cc2c(c(C3CCNCC3)c1)CC2. The van der Waals surface area contributed by atoms with E-state index in [4.69, 9.17) is 0 Å². The second kappa shape index (κ2) is 4.54. The maximum absolute atomic E-state index is 3.44. The molecule has 1 saturated heterocycles. The number of piperidine rings is 1. The molecule has 1 fully saturated rings. The molecule has 0 spiro atoms. The van der Waals surface area contributed by atoms with Crippen LogP contribution in [0.1, 0.15) is 35.4 Å². The van der Waals surface area contributed by atoms with Crippen molar-refractivity contribution in [2.45, 2.75) is 31.6 Å². The Morgan fingerprint density at radius 2 is 1.87 bits per heavy atom. The van der Waals surface area contributed by atoms with Crippen LogP contribution in [0.25, 0.3) is 0 Å². The number of aryl methyl sites for hydroxylation is 1. The number of fused-ring (bicyclic) bond motifs is 1. The molecule has 0 bridgehead atoms. The third kappa shape index (κ3) is 1.91. The van der Waals surface area contributed by atoms with Crippen molar-refractivity contribution in [3.8, 4) is 0 Å². The lowest BCUT2D eigenvalue weighted by atomic mass is 9.78. The first-order chi connectivity index (χ1) is 6.95. The Labute approximate surface area is 97.7 Å². The zero-order valence-corrected chi connectivity index (χ0v) is 9.78. The molecule has 1 nitrogen and oxygen atoms in total. The smallest absolute Gasteiger partial charge is 0.00431 e. The van der Waals surface area contributed by atoms with Gasteiger partial charge in [0.05, 0.1) is 0 Å². The van der Waals surface area contributed by atoms with Crippen molar-refractivity contribution in [3.63, 3.8) is 0 Å². The average Bonchev–Trinajstić information content (AvgIpc) is 2.21. The minimum atomic E-state index is 0. The van der Waals surface area contributed by atoms with Gasteiger partial charge < -0.3 is 5.32 Å². The van der Waals surface area contributed by atoms with Crippen molar-refractivity contribution in [1.29, 1.82) is 0 Å². The Morgan fingerprint density at radius 1 is 1.07 bits per heavy atom. The van der Waals surface area contributed by atoms with Gasteiger partial charge >= 0.3 is 0 Å². The van der Waals surface area contributed by atoms with Crippen molar-refractivity contribution in [1.82, 2.24) is 5.32 Å². The second-order valence-corrected chi connectivity index (χ2v) is 4.51. The summed E-state index contributed by atoms with van der Waals surface area (Å²) in [4.78, 5) is 0. The molecule has 0 aromatic heterocycles. The molecular weight excluding hydrogens is 206 g/mol. The van der Waals surface area contributed by atoms with Crippen LogP contribution in [0.2, 0.25) is 0 Å². The van der Waals surface area contributed by atoms with Crippen LogP contribution in [-0.2, 0) is 12.8 Å². The van der Waals surface area contributed by atoms with E-state index in [-0.39, 0.29) is 12.4 Å². The summed E-state index contributed by atoms with van der Waals surface area (Å²) in [5.41, 5.74) is 4.95. The molecule has 0 unspecified atom stereocenters. The molecule has 1 heterocycles. The maximum Gasteiger partial charge on any atom is -0.00431 e. The zero-order valence-electron chi connectivity index (χ0n) is 8.96. The predicted molar refractivity (Wildman–Crippen MR) is 65.9 cm³/mol. The van der Waals surface area contributed by atoms with Gasteiger partial charge in [-0.1, -0.05) is 18.2 Å². The van der Waals surface area contributed by atoms with Crippen molar-refractivity contribution >= 4 is 12.4 Å². The minimum absolute atomic E-state index is 0. The molecule has 1 aliphatic heterocycles. The highest BCUT2D eigenvalue weighted by atomic mass is 35.5. The van der Waals surface area contributed by atoms with Gasteiger partial charge in [-0.3, -0.25) is 0 Å². The number of nitrogens with one attached hydrogen (secondary N) is 1. The molecule has 0 radical (unpaired) electrons. The van der Waals surface area contributed by atoms with E-state index in [1.807, 2.05) is 0 Å². The van der Waals surface area contributed by atoms with E-state index >= 15 is 0 Å². The fourth-order valence-electron chi connectivity index (χ4n) is 2.79. The van der Waals surface area contributed by atoms with E-state index in [2.05, 4.69) is 23.5 Å². The third-order valence-electron chi connectivity index (χ3n) is 3.73. The standard InChI is InChI=1S/C13H17N.ClH/c1-2-10-4-5-13(10)12(3-1)11-6-8-14-9-7-11;/h1-3,11,14H,4-9H2;1H. The van der Waals surface area contributed by atoms with Gasteiger partial charge in [0.15, 0.2) is 0 Å². The molecular formula is C13H18ClN. The number of halogens is 1. The molecule has 82 valence electrons. The molecule has 2 heteroatoms. The lowest BCUT2D eigenvalue weighted by Crippen LogP contribution is -2.28. The average molecular weight is 224 g/mol. The van der Waals surface area contributed by atoms with Gasteiger partial charge in [-0.25, -0.2) is 0 Å². The van der Waals surface area contributed by atoms with Gasteiger partial charge in [-0.15, -0.1) is 12.4 Å². The number of rotatable bonds is 1. The maximum atomic E-state index is 3.44. The Morgan fingerprint density at radius 3 is 2.53 bits per heavy atom. The number of benzene rings is 1. The second-order valence-electron chi connectivity index (χ2n) is 4.51. The van der Waals surface area contributed by atoms with Crippen LogP contribution in [-0.4, -0.2) is 13.1 Å². The molecule has 0 saturated carbocycles. The summed E-state index contributed by atoms with van der Waals surface area (Å²) in [6.07, 6.45) is 5.30. The van der Waals surface area contributed by atoms with E-state index in [1.54, 1.807) is 16.7 Å². The van der Waals surface area contributed by atoms with Gasteiger partial charge in [0.2, 0.25) is 0 Å². The third-order valence-corrected chi connectivity index (χ3v) is 3.73. The molecule has 0 atom stereocenters. The first-order valence-corrected chi connectivity index (χ1v) is 5.76. The summed E-state index contributed by atoms with van der Waals surface area (Å²) in [6.45, 7) is 2.41. The predicted octanol–water partition coefficient (Wildman–Crippen LogP) is 2.67. The fraction of sp³-hybridized carbons (Fsp3) is 0.538. The summed E-state index contributed by atoms with van der Waals surface area (Å²) >= 11 is 0. The Bertz CT molecular complexity index is 342. The van der Waals surface area contributed by atoms with E-state index in [9.17, 15) is 0 Å². The van der Waals surface area contributed by atoms with Crippen molar-refractivity contribution in [2.24, 2.45) is 0 Å². The minimum Gasteiger partial charge on any atom is -0.317 e. The van der Waals surface area contributed by atoms with E-state index in [1.165, 1.54) is 38.8 Å². The molecule has 1 N–H and O–H groups in total. The van der Waals surface area contributed by atoms with Crippen molar-refractivity contribution < 1.29 is 0 Å². The van der Waals surface area contributed by atoms with Crippen LogP contribution < -0.4 is 5.32 Å². The first-order valence-electron chi connectivity index (χ1n) is 5.76. The molecule has 15 heavy (non-hydrogen) atoms. The van der Waals surface area contributed by atoms with Crippen molar-refractivity contribution in [3.05, 3.63) is 34.9 Å². The van der Waals surface area contributed by atoms with Crippen molar-refractivity contribution in [2.75, 3.05) is 13.1 Å². The Balaban J connectivity index is 0.000000853. The van der Waals surface area contributed by atoms with Gasteiger partial charge in [0, 0.05) is 0 Å².